The predicted molar refractivity (Wildman–Crippen MR) is 98.7 cm³/mol. The molecule has 1 fully saturated rings. The molecule has 2 aromatic carbocycles. The van der Waals surface area contributed by atoms with Crippen molar-refractivity contribution >= 4 is 35.1 Å². The Balaban J connectivity index is 1.53. The molecule has 3 rings (SSSR count). The zero-order valence-corrected chi connectivity index (χ0v) is 15.3. The Labute approximate surface area is 160 Å². The first-order valence-corrected chi connectivity index (χ1v) is 8.85. The Kier molecular flexibility index (Phi) is 5.69. The molecule has 2 aromatic rings. The summed E-state index contributed by atoms with van der Waals surface area (Å²) in [6.07, 6.45) is 0.768. The Bertz CT molecular complexity index is 820. The molecule has 0 aromatic heterocycles. The fourth-order valence-electron chi connectivity index (χ4n) is 2.85. The van der Waals surface area contributed by atoms with Gasteiger partial charge in [0.25, 0.3) is 0 Å². The third-order valence-electron chi connectivity index (χ3n) is 4.17. The zero-order valence-electron chi connectivity index (χ0n) is 13.7. The van der Waals surface area contributed by atoms with Gasteiger partial charge in [-0.15, -0.1) is 0 Å². The number of carbonyl (C=O) groups is 2. The van der Waals surface area contributed by atoms with Crippen LogP contribution in [-0.4, -0.2) is 23.6 Å². The summed E-state index contributed by atoms with van der Waals surface area (Å²) >= 11 is 12.0. The van der Waals surface area contributed by atoms with E-state index < -0.39 is 12.6 Å². The number of hydrogen-bond donors (Lipinski definition) is 2. The summed E-state index contributed by atoms with van der Waals surface area (Å²) in [5.41, 5.74) is 1.82. The van der Waals surface area contributed by atoms with Gasteiger partial charge in [0.1, 0.15) is 5.75 Å². The van der Waals surface area contributed by atoms with Crippen LogP contribution in [0.3, 0.4) is 0 Å². The van der Waals surface area contributed by atoms with E-state index in [9.17, 15) is 9.59 Å². The summed E-state index contributed by atoms with van der Waals surface area (Å²) in [4.78, 5) is 22.9. The van der Waals surface area contributed by atoms with E-state index in [1.807, 2.05) is 18.2 Å². The first kappa shape index (κ1) is 18.5. The van der Waals surface area contributed by atoms with E-state index in [-0.39, 0.29) is 17.7 Å². The van der Waals surface area contributed by atoms with Crippen LogP contribution >= 0.6 is 23.2 Å². The Hall–Kier alpha value is -2.24. The van der Waals surface area contributed by atoms with Gasteiger partial charge in [-0.05, 0) is 53.8 Å². The summed E-state index contributed by atoms with van der Waals surface area (Å²) in [6, 6.07) is 12.3. The van der Waals surface area contributed by atoms with Crippen LogP contribution in [0, 0.1) is 5.92 Å². The lowest BCUT2D eigenvalue weighted by molar-refractivity contribution is -0.139. The SMILES string of the molecule is O=C(O)COc1cccc(CNC(=O)C2CC2c2cc(Cl)cc(Cl)c2)c1. The van der Waals surface area contributed by atoms with Crippen molar-refractivity contribution in [1.82, 2.24) is 5.32 Å². The van der Waals surface area contributed by atoms with E-state index in [1.54, 1.807) is 24.3 Å². The third-order valence-corrected chi connectivity index (χ3v) is 4.60. The predicted octanol–water partition coefficient (Wildman–Crippen LogP) is 3.88. The highest BCUT2D eigenvalue weighted by Gasteiger charge is 2.43. The van der Waals surface area contributed by atoms with Crippen molar-refractivity contribution in [3.8, 4) is 5.75 Å². The average molecular weight is 394 g/mol. The molecule has 26 heavy (non-hydrogen) atoms. The molecule has 7 heteroatoms. The topological polar surface area (TPSA) is 75.6 Å². The number of carbonyl (C=O) groups excluding carboxylic acids is 1. The van der Waals surface area contributed by atoms with Crippen LogP contribution in [0.4, 0.5) is 0 Å². The molecule has 2 atom stereocenters. The molecule has 0 spiro atoms. The average Bonchev–Trinajstić information content (AvgIpc) is 3.38. The van der Waals surface area contributed by atoms with Gasteiger partial charge in [0, 0.05) is 22.5 Å². The molecule has 136 valence electrons. The summed E-state index contributed by atoms with van der Waals surface area (Å²) in [5.74, 6) is -0.558. The number of halogens is 2. The highest BCUT2D eigenvalue weighted by Crippen LogP contribution is 2.48. The van der Waals surface area contributed by atoms with Gasteiger partial charge in [-0.25, -0.2) is 4.79 Å². The molecular weight excluding hydrogens is 377 g/mol. The van der Waals surface area contributed by atoms with E-state index in [4.69, 9.17) is 33.0 Å². The van der Waals surface area contributed by atoms with Crippen LogP contribution in [0.25, 0.3) is 0 Å². The van der Waals surface area contributed by atoms with Gasteiger partial charge in [0.15, 0.2) is 6.61 Å². The van der Waals surface area contributed by atoms with Crippen LogP contribution < -0.4 is 10.1 Å². The number of amides is 1. The van der Waals surface area contributed by atoms with Gasteiger partial charge < -0.3 is 15.2 Å². The Morgan fingerprint density at radius 2 is 1.88 bits per heavy atom. The largest absolute Gasteiger partial charge is 0.482 e. The fourth-order valence-corrected chi connectivity index (χ4v) is 3.40. The summed E-state index contributed by atoms with van der Waals surface area (Å²) in [6.45, 7) is -0.0512. The lowest BCUT2D eigenvalue weighted by atomic mass is 10.1. The monoisotopic (exact) mass is 393 g/mol. The van der Waals surface area contributed by atoms with Crippen LogP contribution in [0.15, 0.2) is 42.5 Å². The molecule has 0 radical (unpaired) electrons. The van der Waals surface area contributed by atoms with E-state index in [0.717, 1.165) is 17.5 Å². The Morgan fingerprint density at radius 3 is 2.58 bits per heavy atom. The van der Waals surface area contributed by atoms with Gasteiger partial charge in [0.2, 0.25) is 5.91 Å². The number of hydrogen-bond acceptors (Lipinski definition) is 3. The minimum Gasteiger partial charge on any atom is -0.482 e. The van der Waals surface area contributed by atoms with E-state index in [2.05, 4.69) is 5.32 Å². The number of aliphatic carboxylic acids is 1. The van der Waals surface area contributed by atoms with Crippen LogP contribution in [0.5, 0.6) is 5.75 Å². The van der Waals surface area contributed by atoms with Crippen molar-refractivity contribution in [2.45, 2.75) is 18.9 Å². The highest BCUT2D eigenvalue weighted by atomic mass is 35.5. The quantitative estimate of drug-likeness (QED) is 0.748. The second kappa shape index (κ2) is 7.98. The maximum atomic E-state index is 12.3. The van der Waals surface area contributed by atoms with Crippen molar-refractivity contribution in [2.75, 3.05) is 6.61 Å². The molecule has 0 bridgehead atoms. The number of ether oxygens (including phenoxy) is 1. The molecule has 0 aliphatic heterocycles. The normalized spacial score (nSPS) is 18.2. The lowest BCUT2D eigenvalue weighted by Gasteiger charge is -2.08. The summed E-state index contributed by atoms with van der Waals surface area (Å²) < 4.78 is 5.13. The summed E-state index contributed by atoms with van der Waals surface area (Å²) in [5, 5.41) is 12.7. The molecule has 5 nitrogen and oxygen atoms in total. The highest BCUT2D eigenvalue weighted by molar-refractivity contribution is 6.34. The number of carboxylic acids is 1. The molecule has 2 unspecified atom stereocenters. The second-order valence-electron chi connectivity index (χ2n) is 6.20. The van der Waals surface area contributed by atoms with Crippen LogP contribution in [0.1, 0.15) is 23.5 Å². The lowest BCUT2D eigenvalue weighted by Crippen LogP contribution is -2.24. The van der Waals surface area contributed by atoms with Gasteiger partial charge >= 0.3 is 5.97 Å². The molecule has 1 aliphatic rings. The molecule has 0 saturated heterocycles. The van der Waals surface area contributed by atoms with Gasteiger partial charge in [0.05, 0.1) is 0 Å². The van der Waals surface area contributed by atoms with E-state index >= 15 is 0 Å². The standard InChI is InChI=1S/C19H17Cl2NO4/c20-13-5-12(6-14(21)7-13)16-8-17(16)19(25)22-9-11-2-1-3-15(4-11)26-10-18(23)24/h1-7,16-17H,8-10H2,(H,22,25)(H,23,24). The van der Waals surface area contributed by atoms with Crippen molar-refractivity contribution in [3.05, 3.63) is 63.6 Å². The zero-order chi connectivity index (χ0) is 18.7. The Morgan fingerprint density at radius 1 is 1.15 bits per heavy atom. The first-order valence-electron chi connectivity index (χ1n) is 8.09. The number of nitrogens with one attached hydrogen (secondary N) is 1. The third kappa shape index (κ3) is 4.90. The second-order valence-corrected chi connectivity index (χ2v) is 7.07. The minimum atomic E-state index is -1.04. The van der Waals surface area contributed by atoms with Crippen molar-refractivity contribution < 1.29 is 19.4 Å². The fraction of sp³-hybridized carbons (Fsp3) is 0.263. The van der Waals surface area contributed by atoms with Crippen molar-refractivity contribution in [1.29, 1.82) is 0 Å². The first-order chi connectivity index (χ1) is 12.4. The molecule has 1 saturated carbocycles. The molecule has 1 amide bonds. The van der Waals surface area contributed by atoms with Gasteiger partial charge in [-0.2, -0.15) is 0 Å². The van der Waals surface area contributed by atoms with Gasteiger partial charge in [-0.1, -0.05) is 35.3 Å². The maximum Gasteiger partial charge on any atom is 0.341 e. The van der Waals surface area contributed by atoms with Gasteiger partial charge in [-0.3, -0.25) is 4.79 Å². The molecule has 0 heterocycles. The number of rotatable bonds is 7. The number of benzene rings is 2. The van der Waals surface area contributed by atoms with Crippen LogP contribution in [-0.2, 0) is 16.1 Å². The molecule has 1 aliphatic carbocycles. The van der Waals surface area contributed by atoms with Crippen LogP contribution in [0.2, 0.25) is 10.0 Å². The number of carboxylic acid groups (broad SMARTS) is 1. The van der Waals surface area contributed by atoms with E-state index in [1.165, 1.54) is 0 Å². The minimum absolute atomic E-state index is 0.0250. The maximum absolute atomic E-state index is 12.3. The van der Waals surface area contributed by atoms with Crippen molar-refractivity contribution in [2.24, 2.45) is 5.92 Å². The molecular formula is C19H17Cl2NO4. The molecule has 2 N–H and O–H groups in total. The summed E-state index contributed by atoms with van der Waals surface area (Å²) in [7, 11) is 0. The smallest absolute Gasteiger partial charge is 0.341 e. The van der Waals surface area contributed by atoms with E-state index in [0.29, 0.717) is 22.3 Å². The van der Waals surface area contributed by atoms with Crippen molar-refractivity contribution in [3.63, 3.8) is 0 Å².